The Hall–Kier alpha value is -3.55. The smallest absolute Gasteiger partial charge is 0.308 e. The van der Waals surface area contributed by atoms with Crippen molar-refractivity contribution in [3.05, 3.63) is 70.5 Å². The van der Waals surface area contributed by atoms with Crippen LogP contribution in [0.25, 0.3) is 10.9 Å². The van der Waals surface area contributed by atoms with Gasteiger partial charge < -0.3 is 10.1 Å². The molecule has 1 unspecified atom stereocenters. The van der Waals surface area contributed by atoms with Crippen LogP contribution < -0.4 is 10.9 Å². The second-order valence-corrected chi connectivity index (χ2v) is 6.87. The van der Waals surface area contributed by atoms with Crippen molar-refractivity contribution in [1.29, 1.82) is 0 Å². The predicted octanol–water partition coefficient (Wildman–Crippen LogP) is 2.38. The van der Waals surface area contributed by atoms with Gasteiger partial charge in [0.15, 0.2) is 6.61 Å². The lowest BCUT2D eigenvalue weighted by Gasteiger charge is -2.18. The molecule has 0 saturated heterocycles. The van der Waals surface area contributed by atoms with Crippen molar-refractivity contribution in [2.75, 3.05) is 6.61 Å². The largest absolute Gasteiger partial charge is 0.456 e. The fraction of sp³-hybridized carbons (Fsp3) is 0.318. The Morgan fingerprint density at radius 1 is 1.10 bits per heavy atom. The third-order valence-electron chi connectivity index (χ3n) is 4.64. The lowest BCUT2D eigenvalue weighted by Crippen LogP contribution is -2.32. The van der Waals surface area contributed by atoms with Gasteiger partial charge in [-0.25, -0.2) is 4.68 Å². The number of nitrogens with one attached hydrogen (secondary N) is 1. The molecule has 0 aliphatic rings. The summed E-state index contributed by atoms with van der Waals surface area (Å²) in [7, 11) is 0. The molecule has 0 aliphatic heterocycles. The van der Waals surface area contributed by atoms with E-state index >= 15 is 0 Å². The van der Waals surface area contributed by atoms with Crippen LogP contribution in [0.2, 0.25) is 0 Å². The number of carbonyl (C=O) groups is 2. The van der Waals surface area contributed by atoms with E-state index in [9.17, 15) is 14.4 Å². The molecule has 1 N–H and O–H groups in total. The number of aryl methyl sites for hydroxylation is 1. The van der Waals surface area contributed by atoms with E-state index < -0.39 is 5.97 Å². The van der Waals surface area contributed by atoms with Crippen molar-refractivity contribution in [2.45, 2.75) is 38.8 Å². The van der Waals surface area contributed by atoms with Gasteiger partial charge in [0.2, 0.25) is 0 Å². The Balaban J connectivity index is 1.50. The first kappa shape index (κ1) is 21.2. The van der Waals surface area contributed by atoms with Crippen LogP contribution in [-0.4, -0.2) is 33.5 Å². The van der Waals surface area contributed by atoms with E-state index in [0.29, 0.717) is 10.9 Å². The van der Waals surface area contributed by atoms with Gasteiger partial charge in [0, 0.05) is 0 Å². The number of benzene rings is 2. The van der Waals surface area contributed by atoms with Crippen LogP contribution in [0.4, 0.5) is 0 Å². The molecule has 3 aromatic rings. The molecular formula is C22H24N4O4. The maximum Gasteiger partial charge on any atom is 0.308 e. The minimum atomic E-state index is -0.584. The average Bonchev–Trinajstić information content (AvgIpc) is 2.78. The van der Waals surface area contributed by atoms with Gasteiger partial charge >= 0.3 is 5.97 Å². The number of aromatic nitrogens is 3. The highest BCUT2D eigenvalue weighted by Gasteiger charge is 2.15. The monoisotopic (exact) mass is 408 g/mol. The quantitative estimate of drug-likeness (QED) is 0.545. The van der Waals surface area contributed by atoms with Gasteiger partial charge in [-0.1, -0.05) is 61.0 Å². The topological polar surface area (TPSA) is 103 Å². The van der Waals surface area contributed by atoms with Crippen molar-refractivity contribution < 1.29 is 14.3 Å². The van der Waals surface area contributed by atoms with Crippen LogP contribution >= 0.6 is 0 Å². The normalized spacial score (nSPS) is 11.8. The van der Waals surface area contributed by atoms with Gasteiger partial charge in [-0.3, -0.25) is 14.4 Å². The number of ether oxygens (including phenoxy) is 1. The van der Waals surface area contributed by atoms with Gasteiger partial charge in [0.1, 0.15) is 5.52 Å². The number of esters is 1. The molecule has 1 amide bonds. The summed E-state index contributed by atoms with van der Waals surface area (Å²) in [4.78, 5) is 36.6. The predicted molar refractivity (Wildman–Crippen MR) is 112 cm³/mol. The minimum absolute atomic E-state index is 0.0274. The van der Waals surface area contributed by atoms with Gasteiger partial charge in [0.05, 0.1) is 24.4 Å². The summed E-state index contributed by atoms with van der Waals surface area (Å²) in [5, 5.41) is 11.1. The van der Waals surface area contributed by atoms with Gasteiger partial charge in [-0.15, -0.1) is 5.10 Å². The Labute approximate surface area is 173 Å². The third kappa shape index (κ3) is 5.50. The fourth-order valence-electron chi connectivity index (χ4n) is 3.12. The number of amides is 1. The summed E-state index contributed by atoms with van der Waals surface area (Å²) in [6, 6.07) is 16.4. The average molecular weight is 408 g/mol. The van der Waals surface area contributed by atoms with E-state index in [1.807, 2.05) is 37.3 Å². The Morgan fingerprint density at radius 3 is 2.60 bits per heavy atom. The summed E-state index contributed by atoms with van der Waals surface area (Å²) in [5.41, 5.74) is 1.18. The molecule has 0 fully saturated rings. The van der Waals surface area contributed by atoms with Crippen LogP contribution in [0.15, 0.2) is 59.4 Å². The first-order valence-electron chi connectivity index (χ1n) is 9.91. The van der Waals surface area contributed by atoms with Crippen molar-refractivity contribution >= 4 is 22.8 Å². The van der Waals surface area contributed by atoms with Crippen LogP contribution in [0.1, 0.15) is 37.8 Å². The molecule has 2 aromatic carbocycles. The lowest BCUT2D eigenvalue weighted by molar-refractivity contribution is -0.149. The summed E-state index contributed by atoms with van der Waals surface area (Å²) < 4.78 is 6.17. The maximum atomic E-state index is 12.4. The molecule has 1 atom stereocenters. The van der Waals surface area contributed by atoms with Gasteiger partial charge in [0.25, 0.3) is 11.5 Å². The Kier molecular flexibility index (Phi) is 7.26. The van der Waals surface area contributed by atoms with E-state index in [0.717, 1.165) is 23.1 Å². The molecule has 8 heteroatoms. The summed E-state index contributed by atoms with van der Waals surface area (Å²) in [6.07, 6.45) is 1.60. The summed E-state index contributed by atoms with van der Waals surface area (Å²) in [6.45, 7) is 1.70. The third-order valence-corrected chi connectivity index (χ3v) is 4.64. The summed E-state index contributed by atoms with van der Waals surface area (Å²) in [5.74, 6) is -0.952. The van der Waals surface area contributed by atoms with Crippen molar-refractivity contribution in [3.63, 3.8) is 0 Å². The number of hydrogen-bond acceptors (Lipinski definition) is 6. The Morgan fingerprint density at radius 2 is 1.83 bits per heavy atom. The number of fused-ring (bicyclic) bond motifs is 1. The molecule has 0 saturated carbocycles. The number of hydrogen-bond donors (Lipinski definition) is 1. The van der Waals surface area contributed by atoms with Crippen LogP contribution in [0, 0.1) is 0 Å². The first-order chi connectivity index (χ1) is 14.6. The highest BCUT2D eigenvalue weighted by molar-refractivity contribution is 5.81. The molecule has 8 nitrogen and oxygen atoms in total. The minimum Gasteiger partial charge on any atom is -0.456 e. The maximum absolute atomic E-state index is 12.4. The summed E-state index contributed by atoms with van der Waals surface area (Å²) >= 11 is 0. The molecule has 3 rings (SSSR count). The molecule has 0 radical (unpaired) electrons. The molecule has 0 aliphatic carbocycles. The molecular weight excluding hydrogens is 384 g/mol. The zero-order valence-electron chi connectivity index (χ0n) is 16.8. The zero-order chi connectivity index (χ0) is 21.3. The lowest BCUT2D eigenvalue weighted by atomic mass is 10.0. The highest BCUT2D eigenvalue weighted by Crippen LogP contribution is 2.17. The second-order valence-electron chi connectivity index (χ2n) is 6.87. The van der Waals surface area contributed by atoms with Crippen LogP contribution in [0.3, 0.4) is 0 Å². The molecule has 1 aromatic heterocycles. The van der Waals surface area contributed by atoms with E-state index in [2.05, 4.69) is 15.6 Å². The molecule has 1 heterocycles. The second kappa shape index (κ2) is 10.3. The van der Waals surface area contributed by atoms with Crippen molar-refractivity contribution in [3.8, 4) is 0 Å². The fourth-order valence-corrected chi connectivity index (χ4v) is 3.12. The van der Waals surface area contributed by atoms with E-state index in [4.69, 9.17) is 4.74 Å². The molecule has 156 valence electrons. The molecule has 0 bridgehead atoms. The molecule has 30 heavy (non-hydrogen) atoms. The number of nitrogens with zero attached hydrogens (tertiary/aromatic N) is 3. The standard InChI is InChI=1S/C22H24N4O4/c1-2-8-18(16-9-4-3-5-10-16)23-20(27)15-30-21(28)13-14-26-22(29)17-11-6-7-12-19(17)24-25-26/h3-7,9-12,18H,2,8,13-15H2,1H3,(H,23,27). The van der Waals surface area contributed by atoms with Crippen LogP contribution in [-0.2, 0) is 20.9 Å². The number of rotatable bonds is 9. The Bertz CT molecular complexity index is 1070. The SMILES string of the molecule is CCCC(NC(=O)COC(=O)CCn1nnc2ccccc2c1=O)c1ccccc1. The van der Waals surface area contributed by atoms with Gasteiger partial charge in [-0.2, -0.15) is 0 Å². The van der Waals surface area contributed by atoms with E-state index in [-0.39, 0.29) is 37.1 Å². The van der Waals surface area contributed by atoms with E-state index in [1.54, 1.807) is 24.3 Å². The number of carbonyl (C=O) groups excluding carboxylic acids is 2. The van der Waals surface area contributed by atoms with Crippen molar-refractivity contribution in [1.82, 2.24) is 20.3 Å². The van der Waals surface area contributed by atoms with Crippen molar-refractivity contribution in [2.24, 2.45) is 0 Å². The first-order valence-corrected chi connectivity index (χ1v) is 9.91. The molecule has 0 spiro atoms. The van der Waals surface area contributed by atoms with Crippen LogP contribution in [0.5, 0.6) is 0 Å². The van der Waals surface area contributed by atoms with Gasteiger partial charge in [-0.05, 0) is 24.1 Å². The highest BCUT2D eigenvalue weighted by atomic mass is 16.5. The van der Waals surface area contributed by atoms with E-state index in [1.165, 1.54) is 0 Å². The zero-order valence-corrected chi connectivity index (χ0v) is 16.8.